The van der Waals surface area contributed by atoms with E-state index in [0.29, 0.717) is 5.76 Å². The van der Waals surface area contributed by atoms with Gasteiger partial charge in [-0.05, 0) is 29.8 Å². The standard InChI is InChI=1S/C22H17N3OS2/c27-22(18-5-3-11-23-14-18)13-21(26-25(22)28)16-9-7-15(8-10-16)20-12-17-4-1-2-6-19(17)24-20/h1-14,24,27-28H. The maximum Gasteiger partial charge on any atom is 0.159 e. The number of nitrogens with one attached hydrogen (secondary N) is 1. The molecule has 28 heavy (non-hydrogen) atoms. The van der Waals surface area contributed by atoms with E-state index in [0.717, 1.165) is 27.9 Å². The molecule has 6 heteroatoms. The van der Waals surface area contributed by atoms with Crippen LogP contribution in [0, 0.1) is 0 Å². The fraction of sp³-hybridized carbons (Fsp3) is 0.0455. The molecule has 3 heterocycles. The number of thiol groups is 2. The van der Waals surface area contributed by atoms with E-state index in [1.165, 1.54) is 9.85 Å². The molecule has 0 radical (unpaired) electrons. The summed E-state index contributed by atoms with van der Waals surface area (Å²) in [6, 6.07) is 22.5. The Labute approximate surface area is 173 Å². The Hall–Kier alpha value is -2.67. The van der Waals surface area contributed by atoms with E-state index in [1.54, 1.807) is 12.4 Å². The molecular weight excluding hydrogens is 386 g/mol. The zero-order chi connectivity index (χ0) is 19.1. The molecule has 1 aliphatic heterocycles. The second kappa shape index (κ2) is 6.74. The molecule has 4 aromatic rings. The van der Waals surface area contributed by atoms with Crippen LogP contribution in [0.4, 0.5) is 0 Å². The highest BCUT2D eigenvalue weighted by molar-refractivity contribution is 7.83. The highest BCUT2D eigenvalue weighted by atomic mass is 32.1. The van der Waals surface area contributed by atoms with Gasteiger partial charge in [0.2, 0.25) is 0 Å². The van der Waals surface area contributed by atoms with Gasteiger partial charge in [-0.3, -0.25) is 4.98 Å². The van der Waals surface area contributed by atoms with E-state index in [-0.39, 0.29) is 0 Å². The molecule has 2 aromatic heterocycles. The third kappa shape index (κ3) is 2.90. The lowest BCUT2D eigenvalue weighted by molar-refractivity contribution is 0.00520. The Morgan fingerprint density at radius 2 is 1.75 bits per heavy atom. The van der Waals surface area contributed by atoms with E-state index < -0.39 is 4.87 Å². The number of hydroxylamine groups is 1. The van der Waals surface area contributed by atoms with Crippen molar-refractivity contribution in [2.24, 2.45) is 0 Å². The van der Waals surface area contributed by atoms with Crippen molar-refractivity contribution in [3.8, 4) is 11.3 Å². The van der Waals surface area contributed by atoms with Gasteiger partial charge in [-0.15, -0.1) is 12.6 Å². The van der Waals surface area contributed by atoms with Crippen molar-refractivity contribution >= 4 is 42.1 Å². The summed E-state index contributed by atoms with van der Waals surface area (Å²) in [5.41, 5.74) is 5.18. The average molecular weight is 404 g/mol. The average Bonchev–Trinajstić information content (AvgIpc) is 3.31. The van der Waals surface area contributed by atoms with Crippen molar-refractivity contribution in [3.63, 3.8) is 0 Å². The largest absolute Gasteiger partial charge is 0.393 e. The van der Waals surface area contributed by atoms with Gasteiger partial charge in [-0.2, -0.15) is 0 Å². The van der Waals surface area contributed by atoms with Crippen LogP contribution in [0.2, 0.25) is 0 Å². The summed E-state index contributed by atoms with van der Waals surface area (Å²) in [6.07, 6.45) is 5.43. The van der Waals surface area contributed by atoms with Crippen molar-refractivity contribution in [1.82, 2.24) is 14.4 Å². The van der Waals surface area contributed by atoms with Gasteiger partial charge in [0.25, 0.3) is 0 Å². The van der Waals surface area contributed by atoms with Gasteiger partial charge in [0.1, 0.15) is 0 Å². The van der Waals surface area contributed by atoms with E-state index >= 15 is 0 Å². The number of aromatic nitrogens is 2. The summed E-state index contributed by atoms with van der Waals surface area (Å²) in [5, 5.41) is 1.20. The summed E-state index contributed by atoms with van der Waals surface area (Å²) in [6.45, 7) is 0. The van der Waals surface area contributed by atoms with E-state index in [1.807, 2.05) is 42.5 Å². The van der Waals surface area contributed by atoms with Crippen molar-refractivity contribution in [3.05, 3.63) is 96.3 Å². The summed E-state index contributed by atoms with van der Waals surface area (Å²) in [5.74, 6) is 0.706. The number of fused-ring (bicyclic) bond motifs is 1. The monoisotopic (exact) mass is 403 g/mol. The molecule has 1 N–H and O–H groups in total. The van der Waals surface area contributed by atoms with Crippen LogP contribution in [0.1, 0.15) is 11.1 Å². The van der Waals surface area contributed by atoms with E-state index in [9.17, 15) is 0 Å². The number of hydrogen-bond acceptors (Lipinski definition) is 5. The van der Waals surface area contributed by atoms with Crippen LogP contribution in [-0.4, -0.2) is 14.4 Å². The number of hydrogen-bond donors (Lipinski definition) is 3. The molecular formula is C22H17N3OS2. The number of pyridine rings is 1. The number of rotatable bonds is 3. The summed E-state index contributed by atoms with van der Waals surface area (Å²) in [7, 11) is 0. The molecule has 0 saturated heterocycles. The van der Waals surface area contributed by atoms with Crippen LogP contribution < -0.4 is 0 Å². The molecule has 0 saturated carbocycles. The normalized spacial score (nSPS) is 19.6. The fourth-order valence-electron chi connectivity index (χ4n) is 3.38. The maximum atomic E-state index is 5.86. The molecule has 5 rings (SSSR count). The van der Waals surface area contributed by atoms with Crippen molar-refractivity contribution in [1.29, 1.82) is 0 Å². The number of nitrogens with zero attached hydrogens (tertiary/aromatic N) is 2. The summed E-state index contributed by atoms with van der Waals surface area (Å²) >= 11 is 9.23. The minimum atomic E-state index is -0.789. The third-order valence-corrected chi connectivity index (χ3v) is 6.03. The second-order valence-electron chi connectivity index (χ2n) is 6.69. The minimum absolute atomic E-state index is 0.706. The Morgan fingerprint density at radius 3 is 2.50 bits per heavy atom. The second-order valence-corrected chi connectivity index (χ2v) is 7.73. The minimum Gasteiger partial charge on any atom is -0.393 e. The SMILES string of the molecule is SN1OC(c2ccc(-c3cc4ccccc4[nH]3)cc2)=CC1(S)c1cccnc1. The molecule has 4 nitrogen and oxygen atoms in total. The molecule has 0 spiro atoms. The lowest BCUT2D eigenvalue weighted by Crippen LogP contribution is -2.28. The van der Waals surface area contributed by atoms with Crippen LogP contribution in [0.25, 0.3) is 27.9 Å². The van der Waals surface area contributed by atoms with Gasteiger partial charge in [-0.25, -0.2) is 0 Å². The quantitative estimate of drug-likeness (QED) is 0.399. The Balaban J connectivity index is 1.47. The van der Waals surface area contributed by atoms with Gasteiger partial charge in [-0.1, -0.05) is 65.8 Å². The van der Waals surface area contributed by atoms with E-state index in [4.69, 9.17) is 17.5 Å². The predicted octanol–water partition coefficient (Wildman–Crippen LogP) is 5.45. The van der Waals surface area contributed by atoms with E-state index in [2.05, 4.69) is 53.1 Å². The third-order valence-electron chi connectivity index (χ3n) is 4.91. The van der Waals surface area contributed by atoms with Crippen LogP contribution in [0.15, 0.2) is 85.2 Å². The molecule has 0 amide bonds. The first-order chi connectivity index (χ1) is 13.6. The summed E-state index contributed by atoms with van der Waals surface area (Å²) in [4.78, 5) is 12.7. The summed E-state index contributed by atoms with van der Waals surface area (Å²) < 4.78 is 1.44. The molecule has 0 fully saturated rings. The molecule has 1 atom stereocenters. The number of H-pyrrole nitrogens is 1. The first kappa shape index (κ1) is 17.4. The Kier molecular flexibility index (Phi) is 4.19. The lowest BCUT2D eigenvalue weighted by Gasteiger charge is -2.26. The number of para-hydroxylation sites is 1. The number of aromatic amines is 1. The van der Waals surface area contributed by atoms with Gasteiger partial charge in [0.05, 0.1) is 0 Å². The zero-order valence-electron chi connectivity index (χ0n) is 14.8. The zero-order valence-corrected chi connectivity index (χ0v) is 16.6. The molecule has 0 aliphatic carbocycles. The fourth-order valence-corrected chi connectivity index (χ4v) is 3.93. The molecule has 138 valence electrons. The lowest BCUT2D eigenvalue weighted by atomic mass is 10.0. The molecule has 2 aromatic carbocycles. The van der Waals surface area contributed by atoms with Crippen molar-refractivity contribution in [2.45, 2.75) is 4.87 Å². The Morgan fingerprint density at radius 1 is 0.964 bits per heavy atom. The first-order valence-electron chi connectivity index (χ1n) is 8.85. The van der Waals surface area contributed by atoms with Gasteiger partial charge >= 0.3 is 0 Å². The van der Waals surface area contributed by atoms with Gasteiger partial charge < -0.3 is 9.82 Å². The highest BCUT2D eigenvalue weighted by Crippen LogP contribution is 2.44. The maximum absolute atomic E-state index is 5.86. The molecule has 1 aliphatic rings. The van der Waals surface area contributed by atoms with Crippen molar-refractivity contribution < 1.29 is 4.84 Å². The first-order valence-corrected chi connectivity index (χ1v) is 9.69. The van der Waals surface area contributed by atoms with Crippen LogP contribution in [0.3, 0.4) is 0 Å². The predicted molar refractivity (Wildman–Crippen MR) is 119 cm³/mol. The Bertz CT molecular complexity index is 1140. The molecule has 0 bridgehead atoms. The van der Waals surface area contributed by atoms with Crippen LogP contribution in [-0.2, 0) is 9.71 Å². The number of benzene rings is 2. The van der Waals surface area contributed by atoms with Crippen LogP contribution >= 0.6 is 25.4 Å². The highest BCUT2D eigenvalue weighted by Gasteiger charge is 2.40. The van der Waals surface area contributed by atoms with Gasteiger partial charge in [0.15, 0.2) is 10.6 Å². The van der Waals surface area contributed by atoms with Crippen molar-refractivity contribution in [2.75, 3.05) is 0 Å². The smallest absolute Gasteiger partial charge is 0.159 e. The molecule has 1 unspecified atom stereocenters. The van der Waals surface area contributed by atoms with Crippen LogP contribution in [0.5, 0.6) is 0 Å². The topological polar surface area (TPSA) is 41.1 Å². The van der Waals surface area contributed by atoms with Gasteiger partial charge in [0, 0.05) is 40.1 Å².